The third-order valence-corrected chi connectivity index (χ3v) is 7.15. The van der Waals surface area contributed by atoms with E-state index in [1.165, 1.54) is 25.7 Å². The molecule has 0 N–H and O–H groups in total. The van der Waals surface area contributed by atoms with Crippen LogP contribution in [-0.4, -0.2) is 8.80 Å². The maximum atomic E-state index is 4.00. The topological polar surface area (TPSA) is 0 Å². The molecular weight excluding hydrogens is 136 g/mol. The van der Waals surface area contributed by atoms with Crippen molar-refractivity contribution in [1.29, 1.82) is 0 Å². The van der Waals surface area contributed by atoms with Gasteiger partial charge in [0, 0.05) is 8.80 Å². The van der Waals surface area contributed by atoms with Crippen LogP contribution < -0.4 is 0 Å². The van der Waals surface area contributed by atoms with Gasteiger partial charge in [-0.25, -0.2) is 0 Å². The molecule has 1 atom stereocenters. The van der Waals surface area contributed by atoms with Crippen LogP contribution in [0, 0.1) is 6.92 Å². The molecular formula is C9H19Si. The Morgan fingerprint density at radius 2 is 1.90 bits per heavy atom. The van der Waals surface area contributed by atoms with Gasteiger partial charge in [0.15, 0.2) is 0 Å². The Kier molecular flexibility index (Phi) is 3.47. The summed E-state index contributed by atoms with van der Waals surface area (Å²) >= 11 is 0. The van der Waals surface area contributed by atoms with E-state index in [-0.39, 0.29) is 8.80 Å². The fourth-order valence-corrected chi connectivity index (χ4v) is 5.46. The van der Waals surface area contributed by atoms with Crippen molar-refractivity contribution in [3.63, 3.8) is 0 Å². The lowest BCUT2D eigenvalue weighted by Gasteiger charge is -2.24. The third kappa shape index (κ3) is 2.12. The van der Waals surface area contributed by atoms with E-state index in [0.29, 0.717) is 0 Å². The summed E-state index contributed by atoms with van der Waals surface area (Å²) in [5, 5.41) is 0. The molecule has 0 amide bonds. The highest BCUT2D eigenvalue weighted by Gasteiger charge is 2.19. The highest BCUT2D eigenvalue weighted by atomic mass is 28.3. The van der Waals surface area contributed by atoms with Crippen LogP contribution in [0.25, 0.3) is 0 Å². The minimum absolute atomic E-state index is 0.283. The minimum Gasteiger partial charge on any atom is -0.0652 e. The average molecular weight is 155 g/mol. The Morgan fingerprint density at radius 3 is 2.40 bits per heavy atom. The Bertz CT molecular complexity index is 84.7. The van der Waals surface area contributed by atoms with Gasteiger partial charge in [0.05, 0.1) is 0 Å². The number of hydrogen-bond donors (Lipinski definition) is 0. The lowest BCUT2D eigenvalue weighted by Crippen LogP contribution is -2.20. The van der Waals surface area contributed by atoms with Crippen molar-refractivity contribution in [3.05, 3.63) is 6.92 Å². The average Bonchev–Trinajstić information content (AvgIpc) is 2.05. The number of hydrogen-bond acceptors (Lipinski definition) is 0. The van der Waals surface area contributed by atoms with Crippen molar-refractivity contribution in [2.24, 2.45) is 0 Å². The van der Waals surface area contributed by atoms with Crippen LogP contribution in [0.2, 0.25) is 17.6 Å². The van der Waals surface area contributed by atoms with E-state index >= 15 is 0 Å². The molecule has 0 nitrogen and oxygen atoms in total. The summed E-state index contributed by atoms with van der Waals surface area (Å²) in [6.45, 7) is 6.41. The summed E-state index contributed by atoms with van der Waals surface area (Å²) in [7, 11) is -0.283. The van der Waals surface area contributed by atoms with E-state index in [1.807, 2.05) is 0 Å². The summed E-state index contributed by atoms with van der Waals surface area (Å²) in [6.07, 6.45) is 5.76. The monoisotopic (exact) mass is 155 g/mol. The van der Waals surface area contributed by atoms with Crippen molar-refractivity contribution in [3.8, 4) is 0 Å². The van der Waals surface area contributed by atoms with Crippen molar-refractivity contribution in [2.75, 3.05) is 0 Å². The molecule has 0 spiro atoms. The van der Waals surface area contributed by atoms with Gasteiger partial charge in [0.2, 0.25) is 0 Å². The number of rotatable bonds is 2. The first-order valence-corrected chi connectivity index (χ1v) is 6.94. The van der Waals surface area contributed by atoms with Gasteiger partial charge in [0.25, 0.3) is 0 Å². The molecule has 0 aromatic carbocycles. The van der Waals surface area contributed by atoms with Crippen LogP contribution in [0.5, 0.6) is 0 Å². The molecule has 0 aliphatic carbocycles. The second kappa shape index (κ2) is 4.17. The van der Waals surface area contributed by atoms with Crippen molar-refractivity contribution in [1.82, 2.24) is 0 Å². The molecule has 1 fully saturated rings. The van der Waals surface area contributed by atoms with Gasteiger partial charge >= 0.3 is 0 Å². The largest absolute Gasteiger partial charge is 0.0652 e. The van der Waals surface area contributed by atoms with Crippen molar-refractivity contribution < 1.29 is 0 Å². The smallest absolute Gasteiger partial charge is 0.0396 e. The molecule has 1 aliphatic heterocycles. The molecule has 1 rings (SSSR count). The normalized spacial score (nSPS) is 24.6. The van der Waals surface area contributed by atoms with Gasteiger partial charge in [-0.05, 0) is 0 Å². The first-order chi connectivity index (χ1) is 4.84. The zero-order valence-corrected chi connectivity index (χ0v) is 8.26. The SMILES string of the molecule is [CH2]CC(C)[SiH]1CCCCC1. The summed E-state index contributed by atoms with van der Waals surface area (Å²) < 4.78 is 0. The zero-order valence-electron chi connectivity index (χ0n) is 7.10. The van der Waals surface area contributed by atoms with E-state index in [9.17, 15) is 0 Å². The van der Waals surface area contributed by atoms with Crippen LogP contribution >= 0.6 is 0 Å². The lowest BCUT2D eigenvalue weighted by molar-refractivity contribution is 0.703. The molecule has 0 bridgehead atoms. The van der Waals surface area contributed by atoms with E-state index in [1.54, 1.807) is 12.1 Å². The zero-order chi connectivity index (χ0) is 7.40. The van der Waals surface area contributed by atoms with Crippen molar-refractivity contribution in [2.45, 2.75) is 50.2 Å². The fourth-order valence-electron chi connectivity index (χ4n) is 1.94. The van der Waals surface area contributed by atoms with Crippen LogP contribution in [0.4, 0.5) is 0 Å². The van der Waals surface area contributed by atoms with Gasteiger partial charge in [-0.15, -0.1) is 0 Å². The maximum Gasteiger partial charge on any atom is 0.0396 e. The molecule has 1 heterocycles. The van der Waals surface area contributed by atoms with E-state index in [4.69, 9.17) is 0 Å². The second-order valence-corrected chi connectivity index (χ2v) is 7.48. The Balaban J connectivity index is 2.24. The molecule has 0 aromatic heterocycles. The van der Waals surface area contributed by atoms with E-state index in [0.717, 1.165) is 5.54 Å². The van der Waals surface area contributed by atoms with Crippen LogP contribution in [0.3, 0.4) is 0 Å². The van der Waals surface area contributed by atoms with Gasteiger partial charge in [0.1, 0.15) is 0 Å². The standard InChI is InChI=1S/C9H19Si/c1-3-9(2)10-7-5-4-6-8-10/h9-10H,1,3-8H2,2H3. The van der Waals surface area contributed by atoms with Crippen molar-refractivity contribution >= 4 is 8.80 Å². The second-order valence-electron chi connectivity index (χ2n) is 3.66. The molecule has 1 saturated heterocycles. The van der Waals surface area contributed by atoms with Gasteiger partial charge in [-0.2, -0.15) is 0 Å². The van der Waals surface area contributed by atoms with E-state index in [2.05, 4.69) is 13.8 Å². The molecule has 0 aromatic rings. The van der Waals surface area contributed by atoms with Crippen LogP contribution in [0.15, 0.2) is 0 Å². The summed E-state index contributed by atoms with van der Waals surface area (Å²) in [6, 6.07) is 3.22. The summed E-state index contributed by atoms with van der Waals surface area (Å²) in [4.78, 5) is 0. The molecule has 1 aliphatic rings. The third-order valence-electron chi connectivity index (χ3n) is 2.91. The van der Waals surface area contributed by atoms with Gasteiger partial charge < -0.3 is 0 Å². The van der Waals surface area contributed by atoms with Crippen LogP contribution in [0.1, 0.15) is 32.6 Å². The fraction of sp³-hybridized carbons (Fsp3) is 0.889. The maximum absolute atomic E-state index is 4.00. The van der Waals surface area contributed by atoms with Crippen LogP contribution in [-0.2, 0) is 0 Å². The first kappa shape index (κ1) is 8.31. The predicted molar refractivity (Wildman–Crippen MR) is 50.0 cm³/mol. The first-order valence-electron chi connectivity index (χ1n) is 4.64. The summed E-state index contributed by atoms with van der Waals surface area (Å²) in [5.74, 6) is 0. The molecule has 1 heteroatoms. The molecule has 1 radical (unpaired) electrons. The van der Waals surface area contributed by atoms with Gasteiger partial charge in [-0.1, -0.05) is 57.2 Å². The summed E-state index contributed by atoms with van der Waals surface area (Å²) in [5.41, 5.74) is 1.01. The molecule has 10 heavy (non-hydrogen) atoms. The molecule has 1 unspecified atom stereocenters. The predicted octanol–water partition coefficient (Wildman–Crippen LogP) is 3.01. The Hall–Kier alpha value is 0.217. The molecule has 0 saturated carbocycles. The minimum atomic E-state index is -0.283. The highest BCUT2D eigenvalue weighted by molar-refractivity contribution is 6.60. The highest BCUT2D eigenvalue weighted by Crippen LogP contribution is 2.28. The Labute approximate surface area is 66.6 Å². The Morgan fingerprint density at radius 1 is 1.30 bits per heavy atom. The quantitative estimate of drug-likeness (QED) is 0.538. The van der Waals surface area contributed by atoms with E-state index < -0.39 is 0 Å². The lowest BCUT2D eigenvalue weighted by atomic mass is 10.3. The molecule has 59 valence electrons. The van der Waals surface area contributed by atoms with Gasteiger partial charge in [-0.3, -0.25) is 0 Å².